The molecule has 23 heavy (non-hydrogen) atoms. The molecule has 120 valence electrons. The summed E-state index contributed by atoms with van der Waals surface area (Å²) in [5, 5.41) is -0.177. The predicted octanol–water partition coefficient (Wildman–Crippen LogP) is 2.94. The van der Waals surface area contributed by atoms with Gasteiger partial charge in [-0.25, -0.2) is 18.7 Å². The summed E-state index contributed by atoms with van der Waals surface area (Å²) in [4.78, 5) is 32.1. The molecule has 2 aromatic rings. The van der Waals surface area contributed by atoms with Crippen molar-refractivity contribution in [3.8, 4) is 0 Å². The van der Waals surface area contributed by atoms with E-state index in [9.17, 15) is 18.4 Å². The highest BCUT2D eigenvalue weighted by Crippen LogP contribution is 2.24. The van der Waals surface area contributed by atoms with Gasteiger partial charge >= 0.3 is 5.97 Å². The Labute approximate surface area is 135 Å². The van der Waals surface area contributed by atoms with E-state index >= 15 is 0 Å². The van der Waals surface area contributed by atoms with E-state index in [0.29, 0.717) is 6.07 Å². The SMILES string of the molecule is CCOC(=O)C(C(=O)c1ccc(F)cc1F)c1ccnc(Cl)n1. The minimum atomic E-state index is -1.52. The summed E-state index contributed by atoms with van der Waals surface area (Å²) in [6.45, 7) is 1.58. The largest absolute Gasteiger partial charge is 0.465 e. The van der Waals surface area contributed by atoms with E-state index in [2.05, 4.69) is 9.97 Å². The highest BCUT2D eigenvalue weighted by atomic mass is 35.5. The normalized spacial score (nSPS) is 11.8. The number of hydrogen-bond acceptors (Lipinski definition) is 5. The lowest BCUT2D eigenvalue weighted by Crippen LogP contribution is -2.26. The number of nitrogens with zero attached hydrogens (tertiary/aromatic N) is 2. The van der Waals surface area contributed by atoms with Crippen LogP contribution in [0.2, 0.25) is 5.28 Å². The third kappa shape index (κ3) is 3.87. The van der Waals surface area contributed by atoms with Crippen LogP contribution in [0.15, 0.2) is 30.5 Å². The predicted molar refractivity (Wildman–Crippen MR) is 77.1 cm³/mol. The molecule has 0 bridgehead atoms. The molecule has 2 rings (SSSR count). The standard InChI is InChI=1S/C15H11ClF2N2O3/c1-2-23-14(22)12(11-5-6-19-15(16)20-11)13(21)9-4-3-8(17)7-10(9)18/h3-7,12H,2H2,1H3. The van der Waals surface area contributed by atoms with E-state index in [0.717, 1.165) is 12.1 Å². The molecule has 1 heterocycles. The number of esters is 1. The van der Waals surface area contributed by atoms with Gasteiger partial charge < -0.3 is 4.74 Å². The fourth-order valence-corrected chi connectivity index (χ4v) is 2.10. The smallest absolute Gasteiger partial charge is 0.323 e. The van der Waals surface area contributed by atoms with Gasteiger partial charge in [0.1, 0.15) is 11.6 Å². The zero-order chi connectivity index (χ0) is 17.0. The highest BCUT2D eigenvalue weighted by Gasteiger charge is 2.33. The summed E-state index contributed by atoms with van der Waals surface area (Å²) in [7, 11) is 0. The minimum Gasteiger partial charge on any atom is -0.465 e. The first kappa shape index (κ1) is 17.0. The number of benzene rings is 1. The first-order chi connectivity index (χ1) is 10.9. The quantitative estimate of drug-likeness (QED) is 0.362. The lowest BCUT2D eigenvalue weighted by Gasteiger charge is -2.14. The molecule has 0 N–H and O–H groups in total. The highest BCUT2D eigenvalue weighted by molar-refractivity contribution is 6.28. The van der Waals surface area contributed by atoms with E-state index in [1.807, 2.05) is 0 Å². The first-order valence-corrected chi connectivity index (χ1v) is 6.96. The third-order valence-corrected chi connectivity index (χ3v) is 3.11. The number of hydrogen-bond donors (Lipinski definition) is 0. The second-order valence-corrected chi connectivity index (χ2v) is 4.76. The maximum absolute atomic E-state index is 13.8. The fourth-order valence-electron chi connectivity index (χ4n) is 1.94. The Morgan fingerprint density at radius 1 is 1.30 bits per heavy atom. The van der Waals surface area contributed by atoms with Gasteiger partial charge in [0.05, 0.1) is 17.9 Å². The second-order valence-electron chi connectivity index (χ2n) is 4.42. The Balaban J connectivity index is 2.48. The topological polar surface area (TPSA) is 69.2 Å². The lowest BCUT2D eigenvalue weighted by atomic mass is 9.94. The maximum atomic E-state index is 13.8. The number of aromatic nitrogens is 2. The zero-order valence-corrected chi connectivity index (χ0v) is 12.7. The van der Waals surface area contributed by atoms with Gasteiger partial charge in [0.25, 0.3) is 0 Å². The Hall–Kier alpha value is -2.41. The molecule has 0 radical (unpaired) electrons. The molecular formula is C15H11ClF2N2O3. The Kier molecular flexibility index (Phi) is 5.33. The number of ketones is 1. The Bertz CT molecular complexity index is 755. The molecule has 0 aliphatic heterocycles. The van der Waals surface area contributed by atoms with Gasteiger partial charge in [0, 0.05) is 12.3 Å². The average Bonchev–Trinajstić information content (AvgIpc) is 2.47. The molecule has 0 saturated carbocycles. The van der Waals surface area contributed by atoms with Gasteiger partial charge in [-0.05, 0) is 36.7 Å². The maximum Gasteiger partial charge on any atom is 0.323 e. The van der Waals surface area contributed by atoms with Crippen LogP contribution < -0.4 is 0 Å². The molecule has 0 saturated heterocycles. The van der Waals surface area contributed by atoms with Crippen LogP contribution in [0.3, 0.4) is 0 Å². The van der Waals surface area contributed by atoms with Crippen LogP contribution in [-0.2, 0) is 9.53 Å². The molecule has 1 aromatic carbocycles. The number of carbonyl (C=O) groups excluding carboxylic acids is 2. The van der Waals surface area contributed by atoms with Crippen LogP contribution in [0.5, 0.6) is 0 Å². The van der Waals surface area contributed by atoms with Crippen molar-refractivity contribution >= 4 is 23.4 Å². The van der Waals surface area contributed by atoms with Crippen molar-refractivity contribution in [2.75, 3.05) is 6.61 Å². The Morgan fingerprint density at radius 3 is 2.65 bits per heavy atom. The minimum absolute atomic E-state index is 0.0212. The molecule has 8 heteroatoms. The molecule has 0 spiro atoms. The molecule has 0 fully saturated rings. The second kappa shape index (κ2) is 7.23. The van der Waals surface area contributed by atoms with Crippen molar-refractivity contribution in [3.05, 3.63) is 58.6 Å². The molecular weight excluding hydrogens is 330 g/mol. The van der Waals surface area contributed by atoms with Gasteiger partial charge in [0.2, 0.25) is 5.28 Å². The number of Topliss-reactive ketones (excluding diaryl/α,β-unsaturated/α-hetero) is 1. The van der Waals surface area contributed by atoms with E-state index in [-0.39, 0.29) is 17.6 Å². The molecule has 0 aliphatic rings. The summed E-state index contributed by atoms with van der Waals surface area (Å²) >= 11 is 5.66. The van der Waals surface area contributed by atoms with Crippen molar-refractivity contribution in [1.29, 1.82) is 0 Å². The first-order valence-electron chi connectivity index (χ1n) is 6.58. The van der Waals surface area contributed by atoms with Crippen LogP contribution in [0, 0.1) is 11.6 Å². The van der Waals surface area contributed by atoms with Gasteiger partial charge in [-0.3, -0.25) is 9.59 Å². The monoisotopic (exact) mass is 340 g/mol. The zero-order valence-electron chi connectivity index (χ0n) is 11.9. The van der Waals surface area contributed by atoms with E-state index in [4.69, 9.17) is 16.3 Å². The summed E-state index contributed by atoms with van der Waals surface area (Å²) < 4.78 is 31.7. The van der Waals surface area contributed by atoms with Crippen molar-refractivity contribution in [3.63, 3.8) is 0 Å². The fraction of sp³-hybridized carbons (Fsp3) is 0.200. The Morgan fingerprint density at radius 2 is 2.04 bits per heavy atom. The number of carbonyl (C=O) groups is 2. The lowest BCUT2D eigenvalue weighted by molar-refractivity contribution is -0.143. The molecule has 5 nitrogen and oxygen atoms in total. The number of ether oxygens (including phenoxy) is 1. The average molecular weight is 341 g/mol. The summed E-state index contributed by atoms with van der Waals surface area (Å²) in [6, 6.07) is 3.74. The van der Waals surface area contributed by atoms with Crippen molar-refractivity contribution < 1.29 is 23.1 Å². The van der Waals surface area contributed by atoms with E-state index < -0.39 is 34.9 Å². The summed E-state index contributed by atoms with van der Waals surface area (Å²) in [5.41, 5.74) is -0.476. The van der Waals surface area contributed by atoms with Crippen LogP contribution in [-0.4, -0.2) is 28.3 Å². The molecule has 1 aromatic heterocycles. The van der Waals surface area contributed by atoms with Crippen LogP contribution in [0.1, 0.15) is 28.9 Å². The van der Waals surface area contributed by atoms with Crippen LogP contribution in [0.4, 0.5) is 8.78 Å². The summed E-state index contributed by atoms with van der Waals surface area (Å²) in [6.07, 6.45) is 1.26. The van der Waals surface area contributed by atoms with Crippen LogP contribution >= 0.6 is 11.6 Å². The van der Waals surface area contributed by atoms with Crippen LogP contribution in [0.25, 0.3) is 0 Å². The molecule has 0 amide bonds. The van der Waals surface area contributed by atoms with Crippen molar-refractivity contribution in [2.24, 2.45) is 0 Å². The number of rotatable bonds is 5. The third-order valence-electron chi connectivity index (χ3n) is 2.92. The van der Waals surface area contributed by atoms with E-state index in [1.54, 1.807) is 6.92 Å². The van der Waals surface area contributed by atoms with Gasteiger partial charge in [-0.15, -0.1) is 0 Å². The van der Waals surface area contributed by atoms with Gasteiger partial charge in [-0.2, -0.15) is 0 Å². The van der Waals surface area contributed by atoms with Crippen molar-refractivity contribution in [1.82, 2.24) is 9.97 Å². The van der Waals surface area contributed by atoms with Crippen molar-refractivity contribution in [2.45, 2.75) is 12.8 Å². The number of halogens is 3. The van der Waals surface area contributed by atoms with Gasteiger partial charge in [0.15, 0.2) is 11.7 Å². The molecule has 1 atom stereocenters. The molecule has 0 aliphatic carbocycles. The van der Waals surface area contributed by atoms with E-state index in [1.165, 1.54) is 12.3 Å². The summed E-state index contributed by atoms with van der Waals surface area (Å²) in [5.74, 6) is -5.25. The molecule has 1 unspecified atom stereocenters. The van der Waals surface area contributed by atoms with Gasteiger partial charge in [-0.1, -0.05) is 0 Å².